The van der Waals surface area contributed by atoms with Gasteiger partial charge in [0.1, 0.15) is 11.4 Å². The van der Waals surface area contributed by atoms with Crippen LogP contribution in [0.4, 0.5) is 27.4 Å². The highest BCUT2D eigenvalue weighted by atomic mass is 19.1. The van der Waals surface area contributed by atoms with Gasteiger partial charge in [0.05, 0.1) is 30.4 Å². The van der Waals surface area contributed by atoms with E-state index in [1.54, 1.807) is 33.4 Å². The molecule has 0 aliphatic carbocycles. The van der Waals surface area contributed by atoms with Crippen LogP contribution in [0.5, 0.6) is 5.75 Å². The minimum atomic E-state index is -0.544. The minimum Gasteiger partial charge on any atom is -0.494 e. The Morgan fingerprint density at radius 1 is 1.29 bits per heavy atom. The summed E-state index contributed by atoms with van der Waals surface area (Å²) in [7, 11) is 3.20. The second-order valence-corrected chi connectivity index (χ2v) is 8.46. The van der Waals surface area contributed by atoms with E-state index in [9.17, 15) is 9.18 Å². The average Bonchev–Trinajstić information content (AvgIpc) is 2.88. The highest BCUT2D eigenvalue weighted by molar-refractivity contribution is 6.09. The molecule has 0 saturated carbocycles. The van der Waals surface area contributed by atoms with Crippen molar-refractivity contribution in [3.63, 3.8) is 0 Å². The largest absolute Gasteiger partial charge is 0.494 e. The van der Waals surface area contributed by atoms with Crippen molar-refractivity contribution in [2.24, 2.45) is 10.9 Å². The Morgan fingerprint density at radius 3 is 2.63 bits per heavy atom. The maximum atomic E-state index is 14.4. The lowest BCUT2D eigenvalue weighted by molar-refractivity contribution is -0.115. The summed E-state index contributed by atoms with van der Waals surface area (Å²) < 4.78 is 20.1. The molecule has 1 amide bonds. The molecule has 0 bridgehead atoms. The van der Waals surface area contributed by atoms with E-state index < -0.39 is 5.82 Å². The summed E-state index contributed by atoms with van der Waals surface area (Å²) in [6.07, 6.45) is 8.17. The monoisotopic (exact) mass is 482 g/mol. The third kappa shape index (κ3) is 6.35. The zero-order chi connectivity index (χ0) is 25.4. The summed E-state index contributed by atoms with van der Waals surface area (Å²) in [5, 5.41) is 6.16. The number of piperidine rings is 1. The third-order valence-corrected chi connectivity index (χ3v) is 6.29. The summed E-state index contributed by atoms with van der Waals surface area (Å²) in [6.45, 7) is 7.67. The van der Waals surface area contributed by atoms with Gasteiger partial charge in [-0.1, -0.05) is 26.3 Å². The number of allylic oxidation sites excluding steroid dienone is 2. The van der Waals surface area contributed by atoms with Gasteiger partial charge in [0.15, 0.2) is 5.82 Å². The number of nitrogens with zero attached hydrogens (tertiary/aromatic N) is 4. The van der Waals surface area contributed by atoms with Crippen LogP contribution < -0.4 is 20.3 Å². The van der Waals surface area contributed by atoms with Crippen molar-refractivity contribution < 1.29 is 13.9 Å². The van der Waals surface area contributed by atoms with E-state index >= 15 is 0 Å². The molecule has 2 heterocycles. The molecule has 8 nitrogen and oxygen atoms in total. The lowest BCUT2D eigenvalue weighted by Crippen LogP contribution is -2.34. The van der Waals surface area contributed by atoms with Gasteiger partial charge in [-0.25, -0.2) is 14.4 Å². The van der Waals surface area contributed by atoms with Crippen LogP contribution in [-0.4, -0.2) is 49.3 Å². The number of rotatable bonds is 9. The van der Waals surface area contributed by atoms with Crippen LogP contribution >= 0.6 is 0 Å². The first-order chi connectivity index (χ1) is 16.9. The lowest BCUT2D eigenvalue weighted by atomic mass is 9.94. The quantitative estimate of drug-likeness (QED) is 0.462. The number of anilines is 4. The molecule has 1 aliphatic heterocycles. The number of carbonyl (C=O) groups excluding carboxylic acids is 1. The van der Waals surface area contributed by atoms with Gasteiger partial charge >= 0.3 is 0 Å². The first kappa shape index (κ1) is 26.1. The van der Waals surface area contributed by atoms with E-state index in [0.717, 1.165) is 43.7 Å². The fourth-order valence-corrected chi connectivity index (χ4v) is 4.18. The van der Waals surface area contributed by atoms with E-state index in [2.05, 4.69) is 37.4 Å². The average molecular weight is 483 g/mol. The standard InChI is InChI=1S/C26H35FN6O2/c1-6-17-9-11-33(12-10-17)22-14-23(35-5)21(13-20(22)30-24(34)8-3)31-26-29-16-19(27)25(32-26)18(7-2)15-28-4/h7,13-17H,6,8-12H2,1-5H3,(H,30,34)(H,29,31,32)/b18-7+,28-15?. The topological polar surface area (TPSA) is 91.7 Å². The van der Waals surface area contributed by atoms with Crippen LogP contribution in [0.15, 0.2) is 29.4 Å². The van der Waals surface area contributed by atoms with E-state index in [1.807, 2.05) is 19.1 Å². The van der Waals surface area contributed by atoms with Gasteiger partial charge in [0, 0.05) is 44.4 Å². The second kappa shape index (κ2) is 12.3. The first-order valence-electron chi connectivity index (χ1n) is 12.1. The zero-order valence-corrected chi connectivity index (χ0v) is 21.2. The Labute approximate surface area is 206 Å². The number of methoxy groups -OCH3 is 1. The van der Waals surface area contributed by atoms with Crippen LogP contribution in [-0.2, 0) is 4.79 Å². The number of aromatic nitrogens is 2. The Morgan fingerprint density at radius 2 is 2.03 bits per heavy atom. The van der Waals surface area contributed by atoms with Crippen molar-refractivity contribution in [3.05, 3.63) is 35.9 Å². The second-order valence-electron chi connectivity index (χ2n) is 8.46. The van der Waals surface area contributed by atoms with E-state index in [4.69, 9.17) is 4.74 Å². The molecule has 0 unspecified atom stereocenters. The van der Waals surface area contributed by atoms with Gasteiger partial charge in [-0.15, -0.1) is 0 Å². The number of halogens is 1. The number of amides is 1. The maximum absolute atomic E-state index is 14.4. The maximum Gasteiger partial charge on any atom is 0.228 e. The van der Waals surface area contributed by atoms with E-state index in [-0.39, 0.29) is 17.5 Å². The molecule has 2 aromatic rings. The van der Waals surface area contributed by atoms with Gasteiger partial charge in [0.2, 0.25) is 11.9 Å². The van der Waals surface area contributed by atoms with Gasteiger partial charge in [-0.2, -0.15) is 0 Å². The molecule has 188 valence electrons. The van der Waals surface area contributed by atoms with Crippen molar-refractivity contribution in [2.45, 2.75) is 46.5 Å². The van der Waals surface area contributed by atoms with Crippen molar-refractivity contribution >= 4 is 40.7 Å². The first-order valence-corrected chi connectivity index (χ1v) is 12.1. The van der Waals surface area contributed by atoms with Gasteiger partial charge < -0.3 is 20.3 Å². The lowest BCUT2D eigenvalue weighted by Gasteiger charge is -2.35. The predicted octanol–water partition coefficient (Wildman–Crippen LogP) is 5.45. The van der Waals surface area contributed by atoms with Crippen LogP contribution in [0.1, 0.15) is 52.1 Å². The highest BCUT2D eigenvalue weighted by Gasteiger charge is 2.23. The summed E-state index contributed by atoms with van der Waals surface area (Å²) in [5.41, 5.74) is 2.85. The molecule has 1 aliphatic rings. The third-order valence-electron chi connectivity index (χ3n) is 6.29. The Bertz CT molecular complexity index is 1090. The SMILES string of the molecule is C/C=C(\C=NC)c1nc(Nc2cc(NC(=O)CC)c(N3CCC(CC)CC3)cc2OC)ncc1F. The van der Waals surface area contributed by atoms with Crippen molar-refractivity contribution in [2.75, 3.05) is 42.8 Å². The Hall–Kier alpha value is -3.49. The summed E-state index contributed by atoms with van der Waals surface area (Å²) >= 11 is 0. The molecule has 0 radical (unpaired) electrons. The number of hydrogen-bond donors (Lipinski definition) is 2. The highest BCUT2D eigenvalue weighted by Crippen LogP contribution is 2.40. The molecule has 3 rings (SSSR count). The Balaban J connectivity index is 1.99. The molecule has 9 heteroatoms. The van der Waals surface area contributed by atoms with Crippen molar-refractivity contribution in [1.29, 1.82) is 0 Å². The van der Waals surface area contributed by atoms with Gasteiger partial charge in [-0.05, 0) is 31.7 Å². The van der Waals surface area contributed by atoms with Crippen LogP contribution in [0.3, 0.4) is 0 Å². The van der Waals surface area contributed by atoms with Gasteiger partial charge in [-0.3, -0.25) is 9.79 Å². The number of benzene rings is 1. The number of ether oxygens (including phenoxy) is 1. The summed E-state index contributed by atoms with van der Waals surface area (Å²) in [6, 6.07) is 3.75. The summed E-state index contributed by atoms with van der Waals surface area (Å²) in [5.74, 6) is 0.878. The molecule has 1 saturated heterocycles. The molecule has 1 aromatic carbocycles. The fraction of sp³-hybridized carbons (Fsp3) is 0.462. The smallest absolute Gasteiger partial charge is 0.228 e. The molecule has 2 N–H and O–H groups in total. The number of nitrogens with one attached hydrogen (secondary N) is 2. The normalized spacial score (nSPS) is 14.9. The zero-order valence-electron chi connectivity index (χ0n) is 21.2. The molecular formula is C26H35FN6O2. The number of carbonyl (C=O) groups is 1. The molecular weight excluding hydrogens is 447 g/mol. The molecule has 0 spiro atoms. The molecule has 1 aromatic heterocycles. The predicted molar refractivity (Wildman–Crippen MR) is 140 cm³/mol. The van der Waals surface area contributed by atoms with Crippen molar-refractivity contribution in [1.82, 2.24) is 9.97 Å². The van der Waals surface area contributed by atoms with Crippen LogP contribution in [0.25, 0.3) is 5.57 Å². The molecule has 35 heavy (non-hydrogen) atoms. The molecule has 1 fully saturated rings. The minimum absolute atomic E-state index is 0.0808. The van der Waals surface area contributed by atoms with Crippen LogP contribution in [0, 0.1) is 11.7 Å². The Kier molecular flexibility index (Phi) is 9.17. The van der Waals surface area contributed by atoms with Crippen molar-refractivity contribution in [3.8, 4) is 5.75 Å². The summed E-state index contributed by atoms with van der Waals surface area (Å²) in [4.78, 5) is 27.0. The number of hydrogen-bond acceptors (Lipinski definition) is 7. The van der Waals surface area contributed by atoms with Gasteiger partial charge in [0.25, 0.3) is 0 Å². The van der Waals surface area contributed by atoms with E-state index in [1.165, 1.54) is 6.42 Å². The van der Waals surface area contributed by atoms with Crippen LogP contribution in [0.2, 0.25) is 0 Å². The van der Waals surface area contributed by atoms with E-state index in [0.29, 0.717) is 29.1 Å². The molecule has 0 atom stereocenters. The fourth-order valence-electron chi connectivity index (χ4n) is 4.18. The number of aliphatic imine (C=N–C) groups is 1.